The molecule has 0 saturated carbocycles. The van der Waals surface area contributed by atoms with E-state index in [0.717, 1.165) is 0 Å². The fourth-order valence-corrected chi connectivity index (χ4v) is 1.55. The number of benzene rings is 1. The lowest BCUT2D eigenvalue weighted by Crippen LogP contribution is -2.14. The lowest BCUT2D eigenvalue weighted by molar-refractivity contribution is 0.385. The van der Waals surface area contributed by atoms with E-state index in [1.807, 2.05) is 0 Å². The van der Waals surface area contributed by atoms with Crippen LogP contribution in [-0.4, -0.2) is 10.1 Å². The van der Waals surface area contributed by atoms with Gasteiger partial charge in [-0.25, -0.2) is 4.39 Å². The average Bonchev–Trinajstić information content (AvgIpc) is 2.68. The third-order valence-electron chi connectivity index (χ3n) is 2.18. The maximum Gasteiger partial charge on any atom is 0.223 e. The van der Waals surface area contributed by atoms with Gasteiger partial charge >= 0.3 is 0 Å². The van der Waals surface area contributed by atoms with Crippen LogP contribution in [0.4, 0.5) is 4.39 Å². The number of halogens is 2. The summed E-state index contributed by atoms with van der Waals surface area (Å²) in [6.07, 6.45) is 0. The van der Waals surface area contributed by atoms with Crippen LogP contribution in [0.25, 0.3) is 0 Å². The topological polar surface area (TPSA) is 51.0 Å². The smallest absolute Gasteiger partial charge is 0.223 e. The Morgan fingerprint density at radius 3 is 2.88 bits per heavy atom. The van der Waals surface area contributed by atoms with Gasteiger partial charge in [0.15, 0.2) is 5.82 Å². The maximum absolute atomic E-state index is 13.4. The third-order valence-corrected chi connectivity index (χ3v) is 2.42. The largest absolute Gasteiger partial charge is 0.340 e. The molecule has 0 aliphatic heterocycles. The van der Waals surface area contributed by atoms with Gasteiger partial charge in [-0.05, 0) is 12.1 Å². The van der Waals surface area contributed by atoms with Gasteiger partial charge in [0.2, 0.25) is 5.89 Å². The zero-order valence-electron chi connectivity index (χ0n) is 9.20. The van der Waals surface area contributed by atoms with Crippen molar-refractivity contribution in [3.63, 3.8) is 0 Å². The van der Waals surface area contributed by atoms with E-state index in [-0.39, 0.29) is 5.82 Å². The molecule has 1 N–H and O–H groups in total. The van der Waals surface area contributed by atoms with Crippen molar-refractivity contribution in [1.29, 1.82) is 0 Å². The number of nitrogens with zero attached hydrogens (tertiary/aromatic N) is 2. The van der Waals surface area contributed by atoms with Gasteiger partial charge in [0.05, 0.1) is 6.54 Å². The Bertz CT molecular complexity index is 515. The van der Waals surface area contributed by atoms with Gasteiger partial charge in [0.25, 0.3) is 0 Å². The Balaban J connectivity index is 1.90. The minimum absolute atomic E-state index is 0.325. The highest BCUT2D eigenvalue weighted by Gasteiger charge is 2.04. The van der Waals surface area contributed by atoms with E-state index in [1.54, 1.807) is 19.1 Å². The summed E-state index contributed by atoms with van der Waals surface area (Å²) in [5, 5.41) is 7.13. The van der Waals surface area contributed by atoms with Crippen LogP contribution in [0.2, 0.25) is 5.02 Å². The van der Waals surface area contributed by atoms with E-state index < -0.39 is 0 Å². The van der Waals surface area contributed by atoms with Crippen molar-refractivity contribution in [3.05, 3.63) is 46.3 Å². The fourth-order valence-electron chi connectivity index (χ4n) is 1.39. The van der Waals surface area contributed by atoms with Crippen molar-refractivity contribution in [1.82, 2.24) is 15.5 Å². The zero-order chi connectivity index (χ0) is 12.3. The van der Waals surface area contributed by atoms with Gasteiger partial charge in [-0.3, -0.25) is 0 Å². The summed E-state index contributed by atoms with van der Waals surface area (Å²) < 4.78 is 18.2. The minimum Gasteiger partial charge on any atom is -0.340 e. The van der Waals surface area contributed by atoms with Crippen molar-refractivity contribution in [2.75, 3.05) is 0 Å². The molecule has 17 heavy (non-hydrogen) atoms. The van der Waals surface area contributed by atoms with E-state index in [0.29, 0.717) is 35.4 Å². The lowest BCUT2D eigenvalue weighted by atomic mass is 10.2. The molecule has 0 spiro atoms. The predicted molar refractivity (Wildman–Crippen MR) is 61.0 cm³/mol. The first-order chi connectivity index (χ1) is 8.15. The first kappa shape index (κ1) is 12.0. The molecule has 0 amide bonds. The van der Waals surface area contributed by atoms with Gasteiger partial charge in [-0.15, -0.1) is 0 Å². The fraction of sp³-hybridized carbons (Fsp3) is 0.273. The van der Waals surface area contributed by atoms with Crippen LogP contribution in [-0.2, 0) is 13.1 Å². The Morgan fingerprint density at radius 2 is 2.24 bits per heavy atom. The molecule has 4 nitrogen and oxygen atoms in total. The number of aryl methyl sites for hydroxylation is 1. The number of hydrogen-bond acceptors (Lipinski definition) is 4. The third kappa shape index (κ3) is 3.25. The van der Waals surface area contributed by atoms with Gasteiger partial charge in [0.1, 0.15) is 5.82 Å². The second-order valence-corrected chi connectivity index (χ2v) is 4.01. The van der Waals surface area contributed by atoms with E-state index in [4.69, 9.17) is 16.1 Å². The first-order valence-electron chi connectivity index (χ1n) is 5.09. The van der Waals surface area contributed by atoms with Crippen molar-refractivity contribution in [2.45, 2.75) is 20.0 Å². The molecule has 0 bridgehead atoms. The summed E-state index contributed by atoms with van der Waals surface area (Å²) in [4.78, 5) is 4.02. The second-order valence-electron chi connectivity index (χ2n) is 3.57. The molecule has 0 fully saturated rings. The molecule has 0 atom stereocenters. The molecular formula is C11H11ClFN3O. The SMILES string of the molecule is Cc1nc(CNCc2ccc(Cl)cc2F)no1. The Hall–Kier alpha value is -1.46. The van der Waals surface area contributed by atoms with Crippen molar-refractivity contribution >= 4 is 11.6 Å². The first-order valence-corrected chi connectivity index (χ1v) is 5.47. The maximum atomic E-state index is 13.4. The number of nitrogens with one attached hydrogen (secondary N) is 1. The average molecular weight is 256 g/mol. The van der Waals surface area contributed by atoms with E-state index >= 15 is 0 Å². The Morgan fingerprint density at radius 1 is 1.41 bits per heavy atom. The molecule has 1 aromatic carbocycles. The van der Waals surface area contributed by atoms with E-state index in [9.17, 15) is 4.39 Å². The summed E-state index contributed by atoms with van der Waals surface area (Å²) in [7, 11) is 0. The summed E-state index contributed by atoms with van der Waals surface area (Å²) in [5.74, 6) is 0.741. The summed E-state index contributed by atoms with van der Waals surface area (Å²) in [5.41, 5.74) is 0.551. The standard InChI is InChI=1S/C11H11ClFN3O/c1-7-15-11(16-17-7)6-14-5-8-2-3-9(12)4-10(8)13/h2-4,14H,5-6H2,1H3. The van der Waals surface area contributed by atoms with E-state index in [1.165, 1.54) is 6.07 Å². The molecule has 0 aliphatic carbocycles. The molecule has 2 aromatic rings. The molecule has 0 saturated heterocycles. The minimum atomic E-state index is -0.325. The monoisotopic (exact) mass is 255 g/mol. The molecule has 2 rings (SSSR count). The van der Waals surface area contributed by atoms with Gasteiger partial charge in [-0.2, -0.15) is 4.98 Å². The lowest BCUT2D eigenvalue weighted by Gasteiger charge is -2.04. The molecule has 6 heteroatoms. The van der Waals surface area contributed by atoms with Crippen LogP contribution >= 0.6 is 11.6 Å². The zero-order valence-corrected chi connectivity index (χ0v) is 9.96. The van der Waals surface area contributed by atoms with Crippen molar-refractivity contribution in [3.8, 4) is 0 Å². The molecule has 0 aliphatic rings. The quantitative estimate of drug-likeness (QED) is 0.912. The van der Waals surface area contributed by atoms with Crippen LogP contribution < -0.4 is 5.32 Å². The molecular weight excluding hydrogens is 245 g/mol. The number of rotatable bonds is 4. The molecule has 90 valence electrons. The highest BCUT2D eigenvalue weighted by atomic mass is 35.5. The van der Waals surface area contributed by atoms with Crippen molar-refractivity contribution in [2.24, 2.45) is 0 Å². The number of hydrogen-bond donors (Lipinski definition) is 1. The van der Waals surface area contributed by atoms with Gasteiger partial charge < -0.3 is 9.84 Å². The molecule has 1 heterocycles. The number of aromatic nitrogens is 2. The predicted octanol–water partition coefficient (Wildman–Crippen LogP) is 2.46. The van der Waals surface area contributed by atoms with E-state index in [2.05, 4.69) is 15.5 Å². The second kappa shape index (κ2) is 5.25. The van der Waals surface area contributed by atoms with Gasteiger partial charge in [0, 0.05) is 24.1 Å². The molecule has 0 unspecified atom stereocenters. The Kier molecular flexibility index (Phi) is 3.71. The van der Waals surface area contributed by atoms with Crippen LogP contribution in [0.15, 0.2) is 22.7 Å². The van der Waals surface area contributed by atoms with Crippen LogP contribution in [0.1, 0.15) is 17.3 Å². The normalized spacial score (nSPS) is 10.8. The van der Waals surface area contributed by atoms with Gasteiger partial charge in [-0.1, -0.05) is 22.8 Å². The Labute approximate surface area is 103 Å². The van der Waals surface area contributed by atoms with Crippen LogP contribution in [0.3, 0.4) is 0 Å². The summed E-state index contributed by atoms with van der Waals surface area (Å²) in [6.45, 7) is 2.53. The van der Waals surface area contributed by atoms with Crippen LogP contribution in [0.5, 0.6) is 0 Å². The summed E-state index contributed by atoms with van der Waals surface area (Å²) >= 11 is 5.66. The van der Waals surface area contributed by atoms with Crippen LogP contribution in [0, 0.1) is 12.7 Å². The molecule has 1 aromatic heterocycles. The van der Waals surface area contributed by atoms with Crippen molar-refractivity contribution < 1.29 is 8.91 Å². The highest BCUT2D eigenvalue weighted by molar-refractivity contribution is 6.30. The summed E-state index contributed by atoms with van der Waals surface area (Å²) in [6, 6.07) is 4.59. The molecule has 0 radical (unpaired) electrons. The highest BCUT2D eigenvalue weighted by Crippen LogP contribution is 2.14.